The number of hydrogen-bond acceptors (Lipinski definition) is 4. The Balaban J connectivity index is 1.72. The molecule has 2 aromatic heterocycles. The van der Waals surface area contributed by atoms with E-state index < -0.39 is 0 Å². The maximum Gasteiger partial charge on any atom is 0.326 e. The molecule has 1 amide bonds. The van der Waals surface area contributed by atoms with Crippen LogP contribution in [0.15, 0.2) is 36.5 Å². The van der Waals surface area contributed by atoms with Crippen LogP contribution in [0.1, 0.15) is 22.4 Å². The summed E-state index contributed by atoms with van der Waals surface area (Å²) in [5.41, 5.74) is 4.30. The van der Waals surface area contributed by atoms with E-state index in [1.54, 1.807) is 29.0 Å². The molecule has 0 fully saturated rings. The van der Waals surface area contributed by atoms with Crippen molar-refractivity contribution in [1.82, 2.24) is 20.2 Å². The van der Waals surface area contributed by atoms with Gasteiger partial charge in [0.1, 0.15) is 5.15 Å². The molecule has 1 aliphatic rings. The van der Waals surface area contributed by atoms with Gasteiger partial charge < -0.3 is 10.6 Å². The molecular weight excluding hydrogens is 350 g/mol. The van der Waals surface area contributed by atoms with Gasteiger partial charge in [-0.15, -0.1) is 0 Å². The van der Waals surface area contributed by atoms with Crippen LogP contribution in [0.5, 0.6) is 0 Å². The maximum atomic E-state index is 12.9. The molecule has 0 saturated heterocycles. The molecule has 4 rings (SSSR count). The summed E-state index contributed by atoms with van der Waals surface area (Å²) in [6, 6.07) is 11.0. The van der Waals surface area contributed by atoms with Crippen molar-refractivity contribution < 1.29 is 4.79 Å². The van der Waals surface area contributed by atoms with Crippen molar-refractivity contribution in [2.75, 3.05) is 6.54 Å². The van der Waals surface area contributed by atoms with Crippen LogP contribution in [0, 0.1) is 11.3 Å². The third-order valence-electron chi connectivity index (χ3n) is 4.59. The number of pyridine rings is 1. The molecule has 3 heterocycles. The number of aromatic nitrogens is 2. The summed E-state index contributed by atoms with van der Waals surface area (Å²) in [6.07, 6.45) is 2.38. The molecular formula is C19H16ClN5O. The van der Waals surface area contributed by atoms with Crippen LogP contribution in [0.3, 0.4) is 0 Å². The van der Waals surface area contributed by atoms with E-state index in [1.165, 1.54) is 0 Å². The van der Waals surface area contributed by atoms with Gasteiger partial charge in [-0.3, -0.25) is 4.57 Å². The quantitative estimate of drug-likeness (QED) is 0.684. The monoisotopic (exact) mass is 365 g/mol. The van der Waals surface area contributed by atoms with Crippen molar-refractivity contribution in [2.24, 2.45) is 0 Å². The van der Waals surface area contributed by atoms with Gasteiger partial charge in [-0.2, -0.15) is 5.26 Å². The lowest BCUT2D eigenvalue weighted by atomic mass is 10.1. The molecule has 0 bridgehead atoms. The fraction of sp³-hybridized carbons (Fsp3) is 0.211. The molecule has 0 spiro atoms. The van der Waals surface area contributed by atoms with Crippen molar-refractivity contribution in [3.05, 3.63) is 64.1 Å². The Morgan fingerprint density at radius 1 is 1.38 bits per heavy atom. The Labute approximate surface area is 155 Å². The molecule has 0 unspecified atom stereocenters. The van der Waals surface area contributed by atoms with Gasteiger partial charge in [-0.25, -0.2) is 9.78 Å². The average molecular weight is 366 g/mol. The number of nitrogens with one attached hydrogen (secondary N) is 2. The van der Waals surface area contributed by atoms with Gasteiger partial charge in [0, 0.05) is 43.3 Å². The molecule has 0 saturated carbocycles. The van der Waals surface area contributed by atoms with Crippen LogP contribution in [-0.4, -0.2) is 22.1 Å². The second kappa shape index (κ2) is 6.79. The van der Waals surface area contributed by atoms with Gasteiger partial charge >= 0.3 is 6.03 Å². The number of carbonyl (C=O) groups is 1. The molecule has 7 heteroatoms. The van der Waals surface area contributed by atoms with Crippen LogP contribution in [0.2, 0.25) is 5.15 Å². The normalized spacial score (nSPS) is 13.2. The van der Waals surface area contributed by atoms with Crippen molar-refractivity contribution in [3.8, 4) is 6.07 Å². The zero-order valence-electron chi connectivity index (χ0n) is 13.9. The van der Waals surface area contributed by atoms with E-state index in [-0.39, 0.29) is 6.03 Å². The molecule has 6 nitrogen and oxygen atoms in total. The number of carbonyl (C=O) groups excluding carboxylic acids is 1. The van der Waals surface area contributed by atoms with E-state index in [0.717, 1.165) is 47.2 Å². The SMILES string of the molecule is N#Cc1ccc2c3c(n(C(=O)NCc4ccnc(Cl)c4)c2c1)CCNC3. The van der Waals surface area contributed by atoms with Crippen molar-refractivity contribution in [3.63, 3.8) is 0 Å². The molecule has 1 aliphatic heterocycles. The number of rotatable bonds is 2. The first kappa shape index (κ1) is 16.6. The number of nitrogens with zero attached hydrogens (tertiary/aromatic N) is 3. The van der Waals surface area contributed by atoms with Crippen LogP contribution in [0.4, 0.5) is 4.79 Å². The molecule has 0 aliphatic carbocycles. The highest BCUT2D eigenvalue weighted by Crippen LogP contribution is 2.29. The van der Waals surface area contributed by atoms with Crippen molar-refractivity contribution >= 4 is 28.5 Å². The van der Waals surface area contributed by atoms with Gasteiger partial charge in [-0.05, 0) is 35.4 Å². The Morgan fingerprint density at radius 2 is 2.27 bits per heavy atom. The van der Waals surface area contributed by atoms with E-state index >= 15 is 0 Å². The number of nitriles is 1. The number of benzene rings is 1. The largest absolute Gasteiger partial charge is 0.333 e. The average Bonchev–Trinajstić information content (AvgIpc) is 3.00. The standard InChI is InChI=1S/C19H16ClN5O/c20-18-8-13(3-6-23-18)10-24-19(26)25-16-4-5-22-11-15(16)14-2-1-12(9-21)7-17(14)25/h1-3,6-8,22H,4-5,10-11H2,(H,24,26). The molecule has 3 aromatic rings. The first-order valence-electron chi connectivity index (χ1n) is 8.33. The first-order valence-corrected chi connectivity index (χ1v) is 8.71. The van der Waals surface area contributed by atoms with Crippen molar-refractivity contribution in [2.45, 2.75) is 19.5 Å². The minimum Gasteiger partial charge on any atom is -0.333 e. The smallest absolute Gasteiger partial charge is 0.326 e. The second-order valence-electron chi connectivity index (χ2n) is 6.18. The summed E-state index contributed by atoms with van der Waals surface area (Å²) in [4.78, 5) is 16.9. The van der Waals surface area contributed by atoms with Gasteiger partial charge in [0.2, 0.25) is 0 Å². The van der Waals surface area contributed by atoms with E-state index in [2.05, 4.69) is 21.7 Å². The highest BCUT2D eigenvalue weighted by molar-refractivity contribution is 6.29. The molecule has 1 aromatic carbocycles. The topological polar surface area (TPSA) is 82.7 Å². The molecule has 0 radical (unpaired) electrons. The predicted molar refractivity (Wildman–Crippen MR) is 98.9 cm³/mol. The van der Waals surface area contributed by atoms with E-state index in [0.29, 0.717) is 17.3 Å². The third kappa shape index (κ3) is 2.92. The van der Waals surface area contributed by atoms with E-state index in [1.807, 2.05) is 12.1 Å². The minimum absolute atomic E-state index is 0.207. The van der Waals surface area contributed by atoms with Crippen LogP contribution < -0.4 is 10.6 Å². The van der Waals surface area contributed by atoms with E-state index in [9.17, 15) is 10.1 Å². The Morgan fingerprint density at radius 3 is 3.08 bits per heavy atom. The highest BCUT2D eigenvalue weighted by atomic mass is 35.5. The molecule has 0 atom stereocenters. The summed E-state index contributed by atoms with van der Waals surface area (Å²) in [5.74, 6) is 0. The lowest BCUT2D eigenvalue weighted by Gasteiger charge is -2.16. The summed E-state index contributed by atoms with van der Waals surface area (Å²) in [6.45, 7) is 1.89. The predicted octanol–water partition coefficient (Wildman–Crippen LogP) is 2.96. The summed E-state index contributed by atoms with van der Waals surface area (Å²) >= 11 is 5.90. The Kier molecular flexibility index (Phi) is 4.33. The third-order valence-corrected chi connectivity index (χ3v) is 4.80. The molecule has 2 N–H and O–H groups in total. The van der Waals surface area contributed by atoms with Crippen LogP contribution in [-0.2, 0) is 19.5 Å². The zero-order chi connectivity index (χ0) is 18.1. The van der Waals surface area contributed by atoms with Gasteiger partial charge in [-0.1, -0.05) is 17.7 Å². The van der Waals surface area contributed by atoms with Gasteiger partial charge in [0.15, 0.2) is 0 Å². The fourth-order valence-electron chi connectivity index (χ4n) is 3.40. The van der Waals surface area contributed by atoms with Crippen molar-refractivity contribution in [1.29, 1.82) is 5.26 Å². The van der Waals surface area contributed by atoms with Crippen LogP contribution in [0.25, 0.3) is 10.9 Å². The summed E-state index contributed by atoms with van der Waals surface area (Å²) in [5, 5.41) is 16.9. The second-order valence-corrected chi connectivity index (χ2v) is 6.56. The molecule has 26 heavy (non-hydrogen) atoms. The number of amides is 1. The first-order chi connectivity index (χ1) is 12.7. The van der Waals surface area contributed by atoms with E-state index in [4.69, 9.17) is 11.6 Å². The van der Waals surface area contributed by atoms with Crippen LogP contribution >= 0.6 is 11.6 Å². The minimum atomic E-state index is -0.207. The fourth-order valence-corrected chi connectivity index (χ4v) is 3.60. The maximum absolute atomic E-state index is 12.9. The summed E-state index contributed by atoms with van der Waals surface area (Å²) in [7, 11) is 0. The summed E-state index contributed by atoms with van der Waals surface area (Å²) < 4.78 is 1.70. The lowest BCUT2D eigenvalue weighted by Crippen LogP contribution is -2.32. The Hall–Kier alpha value is -2.88. The molecule has 130 valence electrons. The lowest BCUT2D eigenvalue weighted by molar-refractivity contribution is 0.242. The number of hydrogen-bond donors (Lipinski definition) is 2. The highest BCUT2D eigenvalue weighted by Gasteiger charge is 2.23. The zero-order valence-corrected chi connectivity index (χ0v) is 14.7. The van der Waals surface area contributed by atoms with Gasteiger partial charge in [0.05, 0.1) is 17.1 Å². The Bertz CT molecular complexity index is 1050. The van der Waals surface area contributed by atoms with Gasteiger partial charge in [0.25, 0.3) is 0 Å². The number of halogens is 1. The number of fused-ring (bicyclic) bond motifs is 3.